The van der Waals surface area contributed by atoms with Crippen molar-refractivity contribution in [1.82, 2.24) is 29.9 Å². The van der Waals surface area contributed by atoms with Gasteiger partial charge in [0.05, 0.1) is 0 Å². The molecule has 1 unspecified atom stereocenters. The Morgan fingerprint density at radius 2 is 1.23 bits per heavy atom. The number of halogens is 4. The van der Waals surface area contributed by atoms with Crippen molar-refractivity contribution in [3.05, 3.63) is 75.3 Å². The third kappa shape index (κ3) is 6.44. The lowest BCUT2D eigenvalue weighted by molar-refractivity contribution is 0.361. The van der Waals surface area contributed by atoms with E-state index in [1.165, 1.54) is 18.2 Å². The highest BCUT2D eigenvalue weighted by atomic mass is 35.5. The molecule has 0 fully saturated rings. The van der Waals surface area contributed by atoms with Crippen LogP contribution in [0.15, 0.2) is 48.6 Å². The van der Waals surface area contributed by atoms with Crippen molar-refractivity contribution in [3.8, 4) is 0 Å². The minimum atomic E-state index is -5.62. The van der Waals surface area contributed by atoms with E-state index in [0.29, 0.717) is 5.56 Å². The van der Waals surface area contributed by atoms with Gasteiger partial charge in [0.15, 0.2) is 0 Å². The number of hydrogen-bond donors (Lipinski definition) is 4. The fourth-order valence-corrected chi connectivity index (χ4v) is 7.61. The smallest absolute Gasteiger partial charge is 0.288 e. The Morgan fingerprint density at radius 1 is 0.775 bits per heavy atom. The lowest BCUT2D eigenvalue weighted by atomic mass is 9.86. The summed E-state index contributed by atoms with van der Waals surface area (Å²) in [5.41, 5.74) is -1.52. The van der Waals surface area contributed by atoms with Gasteiger partial charge in [-0.3, -0.25) is 9.11 Å². The summed E-state index contributed by atoms with van der Waals surface area (Å²) >= 11 is 23.5. The number of allylic oxidation sites excluding steroid dienone is 2. The first-order valence-corrected chi connectivity index (χ1v) is 15.1. The van der Waals surface area contributed by atoms with Crippen LogP contribution >= 0.6 is 46.4 Å². The van der Waals surface area contributed by atoms with Gasteiger partial charge in [-0.2, -0.15) is 46.7 Å². The third-order valence-electron chi connectivity index (χ3n) is 5.62. The van der Waals surface area contributed by atoms with Crippen LogP contribution in [-0.2, 0) is 20.2 Å². The van der Waals surface area contributed by atoms with Gasteiger partial charge in [0.2, 0.25) is 37.1 Å². The van der Waals surface area contributed by atoms with Crippen LogP contribution in [0.25, 0.3) is 6.08 Å². The normalized spacial score (nSPS) is 18.5. The summed E-state index contributed by atoms with van der Waals surface area (Å²) in [6.45, 7) is 0. The van der Waals surface area contributed by atoms with Gasteiger partial charge in [0.25, 0.3) is 20.2 Å². The Labute approximate surface area is 247 Å². The van der Waals surface area contributed by atoms with Gasteiger partial charge >= 0.3 is 0 Å². The number of nitrogens with one attached hydrogen (secondary N) is 2. The second kappa shape index (κ2) is 11.3. The summed E-state index contributed by atoms with van der Waals surface area (Å²) in [7, 11) is -11.2. The maximum Gasteiger partial charge on any atom is 0.288 e. The largest absolute Gasteiger partial charge is 0.328 e. The molecule has 4 rings (SSSR count). The number of aromatic nitrogens is 6. The topological polar surface area (TPSA) is 210 Å². The first kappa shape index (κ1) is 30.3. The molecule has 0 amide bonds. The van der Waals surface area contributed by atoms with Crippen LogP contribution < -0.4 is 10.6 Å². The van der Waals surface area contributed by atoms with Gasteiger partial charge < -0.3 is 10.6 Å². The predicted molar refractivity (Wildman–Crippen MR) is 148 cm³/mol. The standard InChI is InChI=1S/C20H16Cl4N8O6S2/c21-13-25-14(22)28-17(27-13)31-19(32-18-29-15(23)26-16(24)30-18)9-8-12(7-6-11-4-2-1-3-5-11)20(10-19,39(33,34)35)40(36,37)38/h1-9,12H,10H2,(H,33,34,35)(H,36,37,38)(H,25,27,28,31)(H,26,29,30,32). The molecule has 20 heteroatoms. The zero-order valence-corrected chi connectivity index (χ0v) is 24.2. The van der Waals surface area contributed by atoms with Gasteiger partial charge in [-0.05, 0) is 58.0 Å². The lowest BCUT2D eigenvalue weighted by Gasteiger charge is -2.44. The van der Waals surface area contributed by atoms with E-state index in [-0.39, 0.29) is 33.0 Å². The second-order valence-corrected chi connectivity index (χ2v) is 13.2. The molecule has 1 aliphatic rings. The molecule has 0 aliphatic heterocycles. The highest BCUT2D eigenvalue weighted by molar-refractivity contribution is 8.05. The van der Waals surface area contributed by atoms with E-state index in [9.17, 15) is 25.9 Å². The first-order chi connectivity index (χ1) is 18.6. The Balaban J connectivity index is 1.94. The number of rotatable bonds is 8. The van der Waals surface area contributed by atoms with Crippen LogP contribution in [0.2, 0.25) is 21.1 Å². The van der Waals surface area contributed by atoms with Crippen molar-refractivity contribution in [1.29, 1.82) is 0 Å². The molecular weight excluding hydrogens is 654 g/mol. The number of anilines is 2. The first-order valence-electron chi connectivity index (χ1n) is 10.7. The Hall–Kier alpha value is -2.70. The molecule has 0 radical (unpaired) electrons. The van der Waals surface area contributed by atoms with Gasteiger partial charge in [-0.1, -0.05) is 48.6 Å². The molecule has 2 heterocycles. The summed E-state index contributed by atoms with van der Waals surface area (Å²) in [4.78, 5) is 22.6. The predicted octanol–water partition coefficient (Wildman–Crippen LogP) is 3.65. The van der Waals surface area contributed by atoms with E-state index in [1.54, 1.807) is 30.3 Å². The Kier molecular flexibility index (Phi) is 8.54. The highest BCUT2D eigenvalue weighted by Crippen LogP contribution is 2.46. The third-order valence-corrected chi connectivity index (χ3v) is 10.1. The van der Waals surface area contributed by atoms with Crippen molar-refractivity contribution in [2.75, 3.05) is 10.6 Å². The zero-order chi connectivity index (χ0) is 29.3. The number of hydrogen-bond acceptors (Lipinski definition) is 12. The van der Waals surface area contributed by atoms with Crippen molar-refractivity contribution in [2.45, 2.75) is 16.2 Å². The second-order valence-electron chi connectivity index (χ2n) is 8.21. The molecular formula is C20H16Cl4N8O6S2. The molecule has 0 bridgehead atoms. The number of nitrogens with zero attached hydrogens (tertiary/aromatic N) is 6. The summed E-state index contributed by atoms with van der Waals surface area (Å²) in [6.07, 6.45) is 3.88. The van der Waals surface area contributed by atoms with E-state index in [2.05, 4.69) is 40.5 Å². The molecule has 3 aromatic rings. The van der Waals surface area contributed by atoms with Crippen molar-refractivity contribution in [3.63, 3.8) is 0 Å². The highest BCUT2D eigenvalue weighted by Gasteiger charge is 2.64. The lowest BCUT2D eigenvalue weighted by Crippen LogP contribution is -2.62. The molecule has 1 aliphatic carbocycles. The van der Waals surface area contributed by atoms with Gasteiger partial charge in [0, 0.05) is 12.3 Å². The van der Waals surface area contributed by atoms with Crippen molar-refractivity contribution < 1.29 is 25.9 Å². The molecule has 14 nitrogen and oxygen atoms in total. The minimum Gasteiger partial charge on any atom is -0.328 e. The monoisotopic (exact) mass is 668 g/mol. The van der Waals surface area contributed by atoms with E-state index >= 15 is 0 Å². The molecule has 40 heavy (non-hydrogen) atoms. The fourth-order valence-electron chi connectivity index (χ4n) is 3.99. The van der Waals surface area contributed by atoms with Gasteiger partial charge in [0.1, 0.15) is 5.66 Å². The Morgan fingerprint density at radius 3 is 1.65 bits per heavy atom. The van der Waals surface area contributed by atoms with Crippen molar-refractivity contribution in [2.24, 2.45) is 5.92 Å². The fraction of sp³-hybridized carbons (Fsp3) is 0.200. The van der Waals surface area contributed by atoms with Crippen LogP contribution in [0, 0.1) is 5.92 Å². The zero-order valence-electron chi connectivity index (χ0n) is 19.5. The minimum absolute atomic E-state index is 0.369. The van der Waals surface area contributed by atoms with Crippen LogP contribution in [0.5, 0.6) is 0 Å². The molecule has 1 atom stereocenters. The van der Waals surface area contributed by atoms with Crippen LogP contribution in [0.4, 0.5) is 11.9 Å². The quantitative estimate of drug-likeness (QED) is 0.153. The van der Waals surface area contributed by atoms with E-state index in [0.717, 1.165) is 6.08 Å². The van der Waals surface area contributed by atoms with Crippen LogP contribution in [-0.4, -0.2) is 65.6 Å². The molecule has 1 aromatic carbocycles. The Bertz CT molecular complexity index is 1590. The summed E-state index contributed by atoms with van der Waals surface area (Å²) in [5, 5.41) is 3.84. The summed E-state index contributed by atoms with van der Waals surface area (Å²) in [5.74, 6) is -2.36. The maximum atomic E-state index is 12.9. The van der Waals surface area contributed by atoms with E-state index < -0.39 is 42.3 Å². The molecule has 0 saturated carbocycles. The van der Waals surface area contributed by atoms with E-state index in [1.807, 2.05) is 0 Å². The van der Waals surface area contributed by atoms with E-state index in [4.69, 9.17) is 46.4 Å². The average molecular weight is 670 g/mol. The van der Waals surface area contributed by atoms with Gasteiger partial charge in [-0.15, -0.1) is 0 Å². The molecule has 4 N–H and O–H groups in total. The summed E-state index contributed by atoms with van der Waals surface area (Å²) in [6, 6.07) is 8.47. The van der Waals surface area contributed by atoms with Crippen LogP contribution in [0.3, 0.4) is 0 Å². The number of benzene rings is 1. The molecule has 212 valence electrons. The molecule has 0 saturated heterocycles. The molecule has 0 spiro atoms. The SMILES string of the molecule is O=S(=O)(O)C1(S(=O)(=O)O)CC(Nc2nc(Cl)nc(Cl)n2)(Nc2nc(Cl)nc(Cl)n2)C=CC1C=Cc1ccccc1. The molecule has 2 aromatic heterocycles. The van der Waals surface area contributed by atoms with Gasteiger partial charge in [-0.25, -0.2) is 0 Å². The van der Waals surface area contributed by atoms with Crippen LogP contribution in [0.1, 0.15) is 12.0 Å². The maximum absolute atomic E-state index is 12.9. The summed E-state index contributed by atoms with van der Waals surface area (Å²) < 4.78 is 69.1. The van der Waals surface area contributed by atoms with Crippen molar-refractivity contribution >= 4 is 84.6 Å². The average Bonchev–Trinajstić information content (AvgIpc) is 2.81.